The topological polar surface area (TPSA) is 63.1 Å². The summed E-state index contributed by atoms with van der Waals surface area (Å²) in [5, 5.41) is 19.3. The number of hydrogen-bond acceptors (Lipinski definition) is 5. The molecule has 0 aromatic carbocycles. The lowest BCUT2D eigenvalue weighted by Gasteiger charge is -2.22. The monoisotopic (exact) mass is 509 g/mol. The number of nitrogens with zero attached hydrogens (tertiary/aromatic N) is 3. The van der Waals surface area contributed by atoms with Crippen molar-refractivity contribution >= 4 is 41.3 Å². The van der Waals surface area contributed by atoms with Gasteiger partial charge in [0.05, 0.1) is 6.54 Å². The Kier molecular flexibility index (Phi) is 11.8. The van der Waals surface area contributed by atoms with Gasteiger partial charge in [-0.05, 0) is 64.8 Å². The van der Waals surface area contributed by atoms with Gasteiger partial charge in [0.25, 0.3) is 0 Å². The van der Waals surface area contributed by atoms with Gasteiger partial charge in [0.2, 0.25) is 0 Å². The molecule has 6 nitrogen and oxygen atoms in total. The lowest BCUT2D eigenvalue weighted by Crippen LogP contribution is -2.40. The van der Waals surface area contributed by atoms with Gasteiger partial charge in [-0.1, -0.05) is 6.07 Å². The third-order valence-corrected chi connectivity index (χ3v) is 5.82. The molecule has 1 aromatic rings. The Morgan fingerprint density at radius 2 is 2.11 bits per heavy atom. The van der Waals surface area contributed by atoms with Gasteiger partial charge in [-0.25, -0.2) is 4.99 Å². The summed E-state index contributed by atoms with van der Waals surface area (Å²) >= 11 is 1.56. The number of aliphatic imine (C=N–C) groups is 1. The molecule has 8 heteroatoms. The number of hydrogen-bond donors (Lipinski definition) is 3. The van der Waals surface area contributed by atoms with E-state index in [2.05, 4.69) is 39.4 Å². The first-order chi connectivity index (χ1) is 12.5. The summed E-state index contributed by atoms with van der Waals surface area (Å²) in [6.07, 6.45) is 2.35. The quantitative estimate of drug-likeness (QED) is 0.217. The van der Waals surface area contributed by atoms with Gasteiger partial charge < -0.3 is 25.5 Å². The Hall–Kier alpha value is -0.420. The van der Waals surface area contributed by atoms with Crippen molar-refractivity contribution in [1.29, 1.82) is 0 Å². The van der Waals surface area contributed by atoms with Gasteiger partial charge >= 0.3 is 0 Å². The minimum atomic E-state index is -0.922. The molecule has 1 aliphatic rings. The van der Waals surface area contributed by atoms with Crippen molar-refractivity contribution in [3.05, 3.63) is 22.4 Å². The van der Waals surface area contributed by atoms with Crippen LogP contribution in [0.2, 0.25) is 0 Å². The van der Waals surface area contributed by atoms with Crippen LogP contribution in [-0.2, 0) is 5.60 Å². The first kappa shape index (κ1) is 24.6. The summed E-state index contributed by atoms with van der Waals surface area (Å²) in [5.74, 6) is 0.778. The molecule has 0 bridgehead atoms. The van der Waals surface area contributed by atoms with Crippen LogP contribution in [0.4, 0.5) is 0 Å². The fourth-order valence-corrected chi connectivity index (χ4v) is 3.85. The first-order valence-electron chi connectivity index (χ1n) is 9.70. The van der Waals surface area contributed by atoms with Crippen molar-refractivity contribution in [2.24, 2.45) is 4.99 Å². The third kappa shape index (κ3) is 9.08. The largest absolute Gasteiger partial charge is 0.383 e. The van der Waals surface area contributed by atoms with E-state index in [4.69, 9.17) is 0 Å². The van der Waals surface area contributed by atoms with E-state index in [1.54, 1.807) is 11.3 Å². The fourth-order valence-electron chi connectivity index (χ4n) is 3.07. The smallest absolute Gasteiger partial charge is 0.191 e. The number of nitrogens with one attached hydrogen (secondary N) is 2. The van der Waals surface area contributed by atoms with Crippen LogP contribution < -0.4 is 10.6 Å². The molecular weight excluding hydrogens is 473 g/mol. The van der Waals surface area contributed by atoms with E-state index in [1.807, 2.05) is 24.4 Å². The second-order valence-corrected chi connectivity index (χ2v) is 8.17. The number of thiophene rings is 1. The predicted octanol–water partition coefficient (Wildman–Crippen LogP) is 2.16. The lowest BCUT2D eigenvalue weighted by molar-refractivity contribution is 0.0711. The van der Waals surface area contributed by atoms with Crippen LogP contribution in [0.3, 0.4) is 0 Å². The van der Waals surface area contributed by atoms with Crippen molar-refractivity contribution < 1.29 is 5.11 Å². The Morgan fingerprint density at radius 3 is 2.81 bits per heavy atom. The molecule has 27 heavy (non-hydrogen) atoms. The minimum absolute atomic E-state index is 0. The SMILES string of the molecule is CCNC(=NCC(C)(O)c1cccs1)NCCCN1CCCN(C)CC1.I. The highest BCUT2D eigenvalue weighted by molar-refractivity contribution is 14.0. The van der Waals surface area contributed by atoms with E-state index in [9.17, 15) is 5.11 Å². The lowest BCUT2D eigenvalue weighted by atomic mass is 10.1. The molecule has 156 valence electrons. The van der Waals surface area contributed by atoms with Crippen molar-refractivity contribution in [3.63, 3.8) is 0 Å². The number of halogens is 1. The predicted molar refractivity (Wildman–Crippen MR) is 126 cm³/mol. The van der Waals surface area contributed by atoms with Crippen LogP contribution >= 0.6 is 35.3 Å². The van der Waals surface area contributed by atoms with Crippen molar-refractivity contribution in [3.8, 4) is 0 Å². The summed E-state index contributed by atoms with van der Waals surface area (Å²) in [5.41, 5.74) is -0.922. The zero-order valence-corrected chi connectivity index (χ0v) is 20.1. The zero-order chi connectivity index (χ0) is 18.8. The van der Waals surface area contributed by atoms with E-state index in [1.165, 1.54) is 19.5 Å². The average Bonchev–Trinajstić information content (AvgIpc) is 3.08. The zero-order valence-electron chi connectivity index (χ0n) is 16.9. The van der Waals surface area contributed by atoms with Crippen LogP contribution in [0.5, 0.6) is 0 Å². The molecule has 0 radical (unpaired) electrons. The number of aliphatic hydroxyl groups is 1. The molecule has 1 aliphatic heterocycles. The maximum atomic E-state index is 10.6. The maximum absolute atomic E-state index is 10.6. The summed E-state index contributed by atoms with van der Waals surface area (Å²) < 4.78 is 0. The van der Waals surface area contributed by atoms with E-state index in [-0.39, 0.29) is 24.0 Å². The van der Waals surface area contributed by atoms with Gasteiger partial charge in [-0.2, -0.15) is 0 Å². The summed E-state index contributed by atoms with van der Waals surface area (Å²) in [7, 11) is 2.20. The van der Waals surface area contributed by atoms with E-state index in [0.717, 1.165) is 50.0 Å². The highest BCUT2D eigenvalue weighted by Crippen LogP contribution is 2.25. The average molecular weight is 510 g/mol. The molecule has 0 spiro atoms. The van der Waals surface area contributed by atoms with Crippen molar-refractivity contribution in [1.82, 2.24) is 20.4 Å². The van der Waals surface area contributed by atoms with Crippen LogP contribution in [-0.4, -0.2) is 80.3 Å². The molecule has 1 fully saturated rings. The molecule has 1 unspecified atom stereocenters. The van der Waals surface area contributed by atoms with Gasteiger partial charge in [-0.3, -0.25) is 0 Å². The highest BCUT2D eigenvalue weighted by Gasteiger charge is 2.24. The van der Waals surface area contributed by atoms with Gasteiger partial charge in [0.15, 0.2) is 5.96 Å². The minimum Gasteiger partial charge on any atom is -0.383 e. The normalized spacial score (nSPS) is 19.0. The number of guanidine groups is 1. The molecule has 0 aliphatic carbocycles. The molecule has 3 N–H and O–H groups in total. The van der Waals surface area contributed by atoms with Crippen LogP contribution in [0, 0.1) is 0 Å². The molecular formula is C19H36IN5OS. The molecule has 2 rings (SSSR count). The summed E-state index contributed by atoms with van der Waals surface area (Å²) in [6, 6.07) is 3.92. The molecule has 2 heterocycles. The van der Waals surface area contributed by atoms with Crippen LogP contribution in [0.1, 0.15) is 31.6 Å². The second-order valence-electron chi connectivity index (χ2n) is 7.23. The van der Waals surface area contributed by atoms with E-state index < -0.39 is 5.60 Å². The molecule has 0 amide bonds. The van der Waals surface area contributed by atoms with Crippen LogP contribution in [0.25, 0.3) is 0 Å². The molecule has 1 saturated heterocycles. The Morgan fingerprint density at radius 1 is 1.30 bits per heavy atom. The van der Waals surface area contributed by atoms with E-state index in [0.29, 0.717) is 6.54 Å². The highest BCUT2D eigenvalue weighted by atomic mass is 127. The number of likely N-dealkylation sites (N-methyl/N-ethyl adjacent to an activating group) is 1. The third-order valence-electron chi connectivity index (χ3n) is 4.70. The van der Waals surface area contributed by atoms with Crippen molar-refractivity contribution in [2.75, 3.05) is 59.4 Å². The second kappa shape index (κ2) is 12.9. The fraction of sp³-hybridized carbons (Fsp3) is 0.737. The summed E-state index contributed by atoms with van der Waals surface area (Å²) in [6.45, 7) is 11.8. The molecule has 1 atom stereocenters. The van der Waals surface area contributed by atoms with Crippen LogP contribution in [0.15, 0.2) is 22.5 Å². The Balaban J connectivity index is 0.00000364. The Bertz CT molecular complexity index is 538. The van der Waals surface area contributed by atoms with Gasteiger partial charge in [0.1, 0.15) is 5.60 Å². The van der Waals surface area contributed by atoms with E-state index >= 15 is 0 Å². The van der Waals surface area contributed by atoms with Crippen molar-refractivity contribution in [2.45, 2.75) is 32.3 Å². The molecule has 1 aromatic heterocycles. The Labute approximate surface area is 185 Å². The number of rotatable bonds is 8. The standard InChI is InChI=1S/C19H35N5OS.HI/c1-4-20-18(22-16-19(2,25)17-8-5-15-26-17)21-9-6-11-24-12-7-10-23(3)13-14-24;/h5,8,15,25H,4,6-7,9-14,16H2,1-3H3,(H2,20,21,22);1H. The van der Waals surface area contributed by atoms with Gasteiger partial charge in [-0.15, -0.1) is 35.3 Å². The van der Waals surface area contributed by atoms with Gasteiger partial charge in [0, 0.05) is 31.1 Å². The molecule has 0 saturated carbocycles. The first-order valence-corrected chi connectivity index (χ1v) is 10.6. The summed E-state index contributed by atoms with van der Waals surface area (Å²) in [4.78, 5) is 10.5. The maximum Gasteiger partial charge on any atom is 0.191 e.